The van der Waals surface area contributed by atoms with Gasteiger partial charge in [0.2, 0.25) is 6.79 Å². The molecule has 1 fully saturated rings. The zero-order valence-corrected chi connectivity index (χ0v) is 15.1. The highest BCUT2D eigenvalue weighted by atomic mass is 32.2. The molecule has 0 bridgehead atoms. The van der Waals surface area contributed by atoms with Crippen LogP contribution in [0.15, 0.2) is 41.2 Å². The van der Waals surface area contributed by atoms with Gasteiger partial charge < -0.3 is 24.5 Å². The summed E-state index contributed by atoms with van der Waals surface area (Å²) < 4.78 is 15.9. The molecule has 2 N–H and O–H groups in total. The summed E-state index contributed by atoms with van der Waals surface area (Å²) in [5.74, 6) is 3.55. The van der Waals surface area contributed by atoms with Crippen molar-refractivity contribution in [2.24, 2.45) is 0 Å². The normalized spacial score (nSPS) is 17.7. The molecule has 8 heteroatoms. The molecule has 1 saturated heterocycles. The minimum atomic E-state index is -0.247. The van der Waals surface area contributed by atoms with Crippen molar-refractivity contribution < 1.29 is 18.7 Å². The number of carbonyl (C=O) groups excluding carboxylic acids is 1. The number of nitrogens with zero attached hydrogens (tertiary/aromatic N) is 1. The van der Waals surface area contributed by atoms with Gasteiger partial charge in [-0.05, 0) is 18.2 Å². The first-order valence-corrected chi connectivity index (χ1v) is 9.73. The number of benzene rings is 1. The molecule has 0 radical (unpaired) electrons. The predicted molar refractivity (Wildman–Crippen MR) is 99.9 cm³/mol. The lowest BCUT2D eigenvalue weighted by Crippen LogP contribution is -2.42. The lowest BCUT2D eigenvalue weighted by molar-refractivity contribution is 0.174. The van der Waals surface area contributed by atoms with Crippen molar-refractivity contribution in [3.05, 3.63) is 42.4 Å². The van der Waals surface area contributed by atoms with Crippen molar-refractivity contribution in [3.8, 4) is 11.5 Å². The van der Waals surface area contributed by atoms with Gasteiger partial charge in [-0.15, -0.1) is 0 Å². The highest BCUT2D eigenvalue weighted by Gasteiger charge is 2.24. The van der Waals surface area contributed by atoms with E-state index < -0.39 is 0 Å². The van der Waals surface area contributed by atoms with E-state index in [9.17, 15) is 4.79 Å². The molecule has 1 aromatic heterocycles. The molecule has 4 rings (SSSR count). The zero-order valence-electron chi connectivity index (χ0n) is 14.3. The zero-order chi connectivity index (χ0) is 17.8. The summed E-state index contributed by atoms with van der Waals surface area (Å²) in [6.07, 6.45) is 3.43. The maximum absolute atomic E-state index is 12.3. The van der Waals surface area contributed by atoms with Gasteiger partial charge in [0.25, 0.3) is 0 Å². The van der Waals surface area contributed by atoms with Crippen molar-refractivity contribution in [3.63, 3.8) is 0 Å². The molecular formula is C18H21N3O4S. The molecule has 0 saturated carbocycles. The van der Waals surface area contributed by atoms with Gasteiger partial charge in [-0.2, -0.15) is 11.8 Å². The van der Waals surface area contributed by atoms with E-state index >= 15 is 0 Å². The smallest absolute Gasteiger partial charge is 0.319 e. The third kappa shape index (κ3) is 3.91. The number of anilines is 1. The number of hydrogen-bond donors (Lipinski definition) is 2. The molecule has 1 atom stereocenters. The number of carbonyl (C=O) groups is 1. The molecule has 138 valence electrons. The van der Waals surface area contributed by atoms with E-state index in [1.807, 2.05) is 17.8 Å². The van der Waals surface area contributed by atoms with Crippen LogP contribution in [0.3, 0.4) is 0 Å². The van der Waals surface area contributed by atoms with Crippen LogP contribution in [0, 0.1) is 0 Å². The van der Waals surface area contributed by atoms with Gasteiger partial charge in [0.15, 0.2) is 11.5 Å². The molecule has 3 heterocycles. The van der Waals surface area contributed by atoms with E-state index in [-0.39, 0.29) is 18.9 Å². The highest BCUT2D eigenvalue weighted by molar-refractivity contribution is 7.99. The number of nitrogens with one attached hydrogen (secondary N) is 2. The van der Waals surface area contributed by atoms with E-state index in [4.69, 9.17) is 13.9 Å². The van der Waals surface area contributed by atoms with Crippen LogP contribution in [-0.2, 0) is 0 Å². The number of urea groups is 1. The Hall–Kier alpha value is -2.32. The van der Waals surface area contributed by atoms with Crippen molar-refractivity contribution in [2.45, 2.75) is 6.04 Å². The molecule has 2 aliphatic heterocycles. The molecular weight excluding hydrogens is 354 g/mol. The summed E-state index contributed by atoms with van der Waals surface area (Å²) in [4.78, 5) is 14.7. The molecule has 2 aromatic rings. The van der Waals surface area contributed by atoms with E-state index in [0.717, 1.165) is 30.2 Å². The van der Waals surface area contributed by atoms with Gasteiger partial charge in [-0.3, -0.25) is 4.90 Å². The van der Waals surface area contributed by atoms with Gasteiger partial charge in [-0.25, -0.2) is 4.79 Å². The first-order chi connectivity index (χ1) is 12.8. The van der Waals surface area contributed by atoms with Gasteiger partial charge >= 0.3 is 6.03 Å². The molecule has 0 unspecified atom stereocenters. The standard InChI is InChI=1S/C18H21N3O4S/c22-18(20-14-1-2-16-17(9-14)25-12-24-16)19-10-15(13-3-6-23-11-13)21-4-7-26-8-5-21/h1-3,6,9,11,15H,4-5,7-8,10,12H2,(H2,19,20,22)/t15-/m0/s1. The average molecular weight is 375 g/mol. The van der Waals surface area contributed by atoms with Crippen molar-refractivity contribution in [2.75, 3.05) is 43.2 Å². The molecule has 7 nitrogen and oxygen atoms in total. The Morgan fingerprint density at radius 1 is 1.19 bits per heavy atom. The summed E-state index contributed by atoms with van der Waals surface area (Å²) in [5.41, 5.74) is 1.75. The van der Waals surface area contributed by atoms with Crippen LogP contribution in [0.4, 0.5) is 10.5 Å². The highest BCUT2D eigenvalue weighted by Crippen LogP contribution is 2.34. The average Bonchev–Trinajstić information content (AvgIpc) is 3.34. The Bertz CT molecular complexity index is 747. The predicted octanol–water partition coefficient (Wildman–Crippen LogP) is 2.92. The Balaban J connectivity index is 1.36. The van der Waals surface area contributed by atoms with E-state index in [1.165, 1.54) is 0 Å². The van der Waals surface area contributed by atoms with Crippen molar-refractivity contribution in [1.82, 2.24) is 10.2 Å². The fraction of sp³-hybridized carbons (Fsp3) is 0.389. The summed E-state index contributed by atoms with van der Waals surface area (Å²) in [5, 5.41) is 5.82. The third-order valence-corrected chi connectivity index (χ3v) is 5.44. The van der Waals surface area contributed by atoms with Crippen LogP contribution < -0.4 is 20.1 Å². The van der Waals surface area contributed by atoms with Crippen molar-refractivity contribution in [1.29, 1.82) is 0 Å². The molecule has 2 aliphatic rings. The monoisotopic (exact) mass is 375 g/mol. The Kier molecular flexibility index (Phi) is 5.21. The second kappa shape index (κ2) is 7.92. The first-order valence-electron chi connectivity index (χ1n) is 8.58. The Morgan fingerprint density at radius 3 is 2.85 bits per heavy atom. The van der Waals surface area contributed by atoms with Crippen LogP contribution >= 0.6 is 11.8 Å². The number of fused-ring (bicyclic) bond motifs is 1. The third-order valence-electron chi connectivity index (χ3n) is 4.50. The van der Waals surface area contributed by atoms with Crippen LogP contribution in [0.5, 0.6) is 11.5 Å². The maximum atomic E-state index is 12.3. The van der Waals surface area contributed by atoms with Crippen LogP contribution in [0.1, 0.15) is 11.6 Å². The van der Waals surface area contributed by atoms with Crippen LogP contribution in [0.2, 0.25) is 0 Å². The number of thioether (sulfide) groups is 1. The summed E-state index contributed by atoms with van der Waals surface area (Å²) >= 11 is 1.96. The van der Waals surface area contributed by atoms with Gasteiger partial charge in [0, 0.05) is 48.5 Å². The fourth-order valence-electron chi connectivity index (χ4n) is 3.15. The number of rotatable bonds is 5. The number of amides is 2. The van der Waals surface area contributed by atoms with Gasteiger partial charge in [0.1, 0.15) is 0 Å². The maximum Gasteiger partial charge on any atom is 0.319 e. The second-order valence-electron chi connectivity index (χ2n) is 6.12. The topological polar surface area (TPSA) is 76.0 Å². The Labute approximate surface area is 156 Å². The Morgan fingerprint density at radius 2 is 2.04 bits per heavy atom. The molecule has 0 aliphatic carbocycles. The largest absolute Gasteiger partial charge is 0.472 e. The summed E-state index contributed by atoms with van der Waals surface area (Å²) in [6, 6.07) is 7.17. The van der Waals surface area contributed by atoms with Gasteiger partial charge in [0.05, 0.1) is 18.6 Å². The van der Waals surface area contributed by atoms with E-state index in [0.29, 0.717) is 23.7 Å². The second-order valence-corrected chi connectivity index (χ2v) is 7.35. The van der Waals surface area contributed by atoms with Crippen LogP contribution in [0.25, 0.3) is 0 Å². The van der Waals surface area contributed by atoms with E-state index in [1.54, 1.807) is 30.7 Å². The first kappa shape index (κ1) is 17.1. The fourth-order valence-corrected chi connectivity index (χ4v) is 4.08. The van der Waals surface area contributed by atoms with E-state index in [2.05, 4.69) is 15.5 Å². The van der Waals surface area contributed by atoms with Gasteiger partial charge in [-0.1, -0.05) is 0 Å². The molecule has 26 heavy (non-hydrogen) atoms. The molecule has 1 aromatic carbocycles. The van der Waals surface area contributed by atoms with Crippen molar-refractivity contribution >= 4 is 23.5 Å². The van der Waals surface area contributed by atoms with Crippen LogP contribution in [-0.4, -0.2) is 48.9 Å². The number of furan rings is 1. The lowest BCUT2D eigenvalue weighted by atomic mass is 10.1. The molecule has 0 spiro atoms. The minimum Gasteiger partial charge on any atom is -0.472 e. The minimum absolute atomic E-state index is 0.108. The summed E-state index contributed by atoms with van der Waals surface area (Å²) in [7, 11) is 0. The SMILES string of the molecule is O=C(NC[C@@H](c1ccoc1)N1CCSCC1)Nc1ccc2c(c1)OCO2. The quantitative estimate of drug-likeness (QED) is 0.837. The summed E-state index contributed by atoms with van der Waals surface area (Å²) in [6.45, 7) is 2.74. The molecule has 2 amide bonds. The number of hydrogen-bond acceptors (Lipinski definition) is 6. The number of ether oxygens (including phenoxy) is 2. The lowest BCUT2D eigenvalue weighted by Gasteiger charge is -2.33.